The van der Waals surface area contributed by atoms with Gasteiger partial charge in [-0.3, -0.25) is 0 Å². The van der Waals surface area contributed by atoms with Crippen LogP contribution in [0.15, 0.2) is 30.5 Å². The molecule has 0 saturated heterocycles. The molecule has 0 aliphatic heterocycles. The van der Waals surface area contributed by atoms with E-state index in [0.29, 0.717) is 28.6 Å². The monoisotopic (exact) mass is 402 g/mol. The number of nitrogens with one attached hydrogen (secondary N) is 1. The van der Waals surface area contributed by atoms with Crippen molar-refractivity contribution in [3.05, 3.63) is 46.7 Å². The van der Waals surface area contributed by atoms with Gasteiger partial charge >= 0.3 is 5.97 Å². The zero-order valence-electron chi connectivity index (χ0n) is 17.0. The molecule has 150 valence electrons. The number of hydrogen-bond acceptors (Lipinski definition) is 5. The van der Waals surface area contributed by atoms with Crippen molar-refractivity contribution < 1.29 is 14.3 Å². The molecular formula is C22H27ClN2O3. The first-order valence-electron chi connectivity index (χ1n) is 9.59. The van der Waals surface area contributed by atoms with E-state index < -0.39 is 5.60 Å². The lowest BCUT2D eigenvalue weighted by molar-refractivity contribution is 0.00706. The van der Waals surface area contributed by atoms with Crippen LogP contribution < -0.4 is 10.1 Å². The van der Waals surface area contributed by atoms with E-state index in [0.717, 1.165) is 18.4 Å². The van der Waals surface area contributed by atoms with Crippen molar-refractivity contribution in [1.82, 2.24) is 4.98 Å². The van der Waals surface area contributed by atoms with Gasteiger partial charge < -0.3 is 14.8 Å². The van der Waals surface area contributed by atoms with E-state index in [9.17, 15) is 4.79 Å². The van der Waals surface area contributed by atoms with E-state index in [4.69, 9.17) is 21.1 Å². The molecule has 1 heterocycles. The molecule has 6 heteroatoms. The molecule has 1 saturated carbocycles. The van der Waals surface area contributed by atoms with Crippen LogP contribution in [0, 0.1) is 0 Å². The number of carbonyl (C=O) groups is 1. The molecule has 1 aromatic heterocycles. The Kier molecular flexibility index (Phi) is 5.84. The summed E-state index contributed by atoms with van der Waals surface area (Å²) in [5.41, 5.74) is 2.39. The lowest BCUT2D eigenvalue weighted by atomic mass is 10.0. The second-order valence-corrected chi connectivity index (χ2v) is 8.71. The minimum absolute atomic E-state index is 0.0650. The molecule has 0 amide bonds. The summed E-state index contributed by atoms with van der Waals surface area (Å²) in [6.45, 7) is 9.42. The molecule has 0 radical (unpaired) electrons. The Labute approximate surface area is 171 Å². The van der Waals surface area contributed by atoms with Gasteiger partial charge in [0, 0.05) is 6.20 Å². The van der Waals surface area contributed by atoms with Gasteiger partial charge in [0.15, 0.2) is 10.9 Å². The number of pyridine rings is 1. The topological polar surface area (TPSA) is 60.5 Å². The zero-order valence-corrected chi connectivity index (χ0v) is 17.8. The van der Waals surface area contributed by atoms with Gasteiger partial charge in [0.1, 0.15) is 5.60 Å². The molecule has 28 heavy (non-hydrogen) atoms. The molecule has 3 rings (SSSR count). The first-order chi connectivity index (χ1) is 13.1. The molecule has 5 nitrogen and oxygen atoms in total. The van der Waals surface area contributed by atoms with Crippen molar-refractivity contribution in [3.8, 4) is 5.75 Å². The second kappa shape index (κ2) is 8.00. The molecule has 1 aliphatic carbocycles. The SMILES string of the molecule is CC(C)Oc1c(Nc2ccc(C3CC3)cc2C(=O)OC(C)(C)C)ccnc1Cl. The average molecular weight is 403 g/mol. The van der Waals surface area contributed by atoms with Gasteiger partial charge in [0.2, 0.25) is 0 Å². The van der Waals surface area contributed by atoms with Crippen molar-refractivity contribution in [2.75, 3.05) is 5.32 Å². The highest BCUT2D eigenvalue weighted by Gasteiger charge is 2.27. The summed E-state index contributed by atoms with van der Waals surface area (Å²) in [4.78, 5) is 17.0. The lowest BCUT2D eigenvalue weighted by Gasteiger charge is -2.22. The summed E-state index contributed by atoms with van der Waals surface area (Å²) >= 11 is 6.24. The molecular weight excluding hydrogens is 376 g/mol. The molecule has 1 fully saturated rings. The van der Waals surface area contributed by atoms with Gasteiger partial charge in [-0.25, -0.2) is 9.78 Å². The highest BCUT2D eigenvalue weighted by Crippen LogP contribution is 2.42. The van der Waals surface area contributed by atoms with Gasteiger partial charge in [0.05, 0.1) is 23.0 Å². The molecule has 0 bridgehead atoms. The minimum atomic E-state index is -0.574. The fourth-order valence-corrected chi connectivity index (χ4v) is 3.06. The standard InChI is InChI=1S/C22H27ClN2O3/c1-13(2)27-19-18(10-11-24-20(19)23)25-17-9-8-15(14-6-7-14)12-16(17)21(26)28-22(3,4)5/h8-14H,6-7H2,1-5H3,(H,24,25). The molecule has 0 spiro atoms. The van der Waals surface area contributed by atoms with E-state index in [2.05, 4.69) is 16.4 Å². The Bertz CT molecular complexity index is 871. The van der Waals surface area contributed by atoms with E-state index in [1.165, 1.54) is 0 Å². The lowest BCUT2D eigenvalue weighted by Crippen LogP contribution is -2.24. The van der Waals surface area contributed by atoms with Gasteiger partial charge in [-0.1, -0.05) is 17.7 Å². The highest BCUT2D eigenvalue weighted by atomic mass is 35.5. The Hall–Kier alpha value is -2.27. The number of hydrogen-bond donors (Lipinski definition) is 1. The Balaban J connectivity index is 1.98. The maximum atomic E-state index is 12.9. The van der Waals surface area contributed by atoms with Crippen molar-refractivity contribution in [2.45, 2.75) is 65.1 Å². The third-order valence-corrected chi connectivity index (χ3v) is 4.46. The number of rotatable bonds is 6. The molecule has 1 N–H and O–H groups in total. The van der Waals surface area contributed by atoms with Gasteiger partial charge in [-0.05, 0) is 77.1 Å². The number of carbonyl (C=O) groups excluding carboxylic acids is 1. The number of aromatic nitrogens is 1. The normalized spacial score (nSPS) is 14.1. The highest BCUT2D eigenvalue weighted by molar-refractivity contribution is 6.31. The van der Waals surface area contributed by atoms with Gasteiger partial charge in [0.25, 0.3) is 0 Å². The van der Waals surface area contributed by atoms with Crippen molar-refractivity contribution >= 4 is 28.9 Å². The van der Waals surface area contributed by atoms with E-state index in [1.54, 1.807) is 12.3 Å². The first-order valence-corrected chi connectivity index (χ1v) is 9.97. The van der Waals surface area contributed by atoms with Crippen LogP contribution in [-0.2, 0) is 4.74 Å². The summed E-state index contributed by atoms with van der Waals surface area (Å²) in [5, 5.41) is 3.56. The fourth-order valence-electron chi connectivity index (χ4n) is 2.86. The zero-order chi connectivity index (χ0) is 20.5. The van der Waals surface area contributed by atoms with E-state index in [-0.39, 0.29) is 17.2 Å². The van der Waals surface area contributed by atoms with Crippen LogP contribution in [0.3, 0.4) is 0 Å². The molecule has 1 aliphatic rings. The van der Waals surface area contributed by atoms with E-state index >= 15 is 0 Å². The smallest absolute Gasteiger partial charge is 0.340 e. The summed E-state index contributed by atoms with van der Waals surface area (Å²) in [6.07, 6.45) is 3.85. The number of ether oxygens (including phenoxy) is 2. The molecule has 2 aromatic rings. The van der Waals surface area contributed by atoms with Crippen LogP contribution >= 0.6 is 11.6 Å². The largest absolute Gasteiger partial charge is 0.486 e. The average Bonchev–Trinajstić information content (AvgIpc) is 3.41. The summed E-state index contributed by atoms with van der Waals surface area (Å²) in [6, 6.07) is 7.68. The number of halogens is 1. The molecule has 0 atom stereocenters. The van der Waals surface area contributed by atoms with E-state index in [1.807, 2.05) is 46.8 Å². The number of benzene rings is 1. The second-order valence-electron chi connectivity index (χ2n) is 8.35. The Morgan fingerprint density at radius 2 is 1.93 bits per heavy atom. The fraction of sp³-hybridized carbons (Fsp3) is 0.455. The Morgan fingerprint density at radius 3 is 2.54 bits per heavy atom. The predicted octanol–water partition coefficient (Wildman–Crippen LogP) is 6.10. The van der Waals surface area contributed by atoms with Gasteiger partial charge in [-0.15, -0.1) is 0 Å². The van der Waals surface area contributed by atoms with Crippen molar-refractivity contribution in [2.24, 2.45) is 0 Å². The van der Waals surface area contributed by atoms with Crippen LogP contribution in [-0.4, -0.2) is 22.7 Å². The van der Waals surface area contributed by atoms with Crippen molar-refractivity contribution in [3.63, 3.8) is 0 Å². The number of esters is 1. The quantitative estimate of drug-likeness (QED) is 0.467. The van der Waals surface area contributed by atoms with Crippen LogP contribution in [0.5, 0.6) is 5.75 Å². The Morgan fingerprint density at radius 1 is 1.21 bits per heavy atom. The van der Waals surface area contributed by atoms with Crippen molar-refractivity contribution in [1.29, 1.82) is 0 Å². The van der Waals surface area contributed by atoms with Crippen LogP contribution in [0.1, 0.15) is 69.3 Å². The van der Waals surface area contributed by atoms with Crippen LogP contribution in [0.4, 0.5) is 11.4 Å². The third-order valence-electron chi connectivity index (χ3n) is 4.20. The van der Waals surface area contributed by atoms with Gasteiger partial charge in [-0.2, -0.15) is 0 Å². The predicted molar refractivity (Wildman–Crippen MR) is 112 cm³/mol. The number of nitrogens with zero attached hydrogens (tertiary/aromatic N) is 1. The first kappa shape index (κ1) is 20.5. The van der Waals surface area contributed by atoms with Crippen LogP contribution in [0.2, 0.25) is 5.15 Å². The maximum absolute atomic E-state index is 12.9. The minimum Gasteiger partial charge on any atom is -0.486 e. The maximum Gasteiger partial charge on any atom is 0.340 e. The summed E-state index contributed by atoms with van der Waals surface area (Å²) < 4.78 is 11.5. The summed E-state index contributed by atoms with van der Waals surface area (Å²) in [7, 11) is 0. The van der Waals surface area contributed by atoms with Crippen LogP contribution in [0.25, 0.3) is 0 Å². The molecule has 1 aromatic carbocycles. The summed E-state index contributed by atoms with van der Waals surface area (Å²) in [5.74, 6) is 0.634. The number of anilines is 2. The molecule has 0 unspecified atom stereocenters. The third kappa shape index (κ3) is 5.16.